The zero-order valence-corrected chi connectivity index (χ0v) is 6.30. The van der Waals surface area contributed by atoms with Crippen LogP contribution in [0.1, 0.15) is 5.82 Å². The molecule has 0 aromatic carbocycles. The summed E-state index contributed by atoms with van der Waals surface area (Å²) in [6.45, 7) is 0.634. The average Bonchev–Trinajstić information content (AvgIpc) is 2.49. The Balaban J connectivity index is 2.20. The standard InChI is InChI=1S/C7H8N2O3/c10-7(11)5-3-9-2-1-8-6(9)4-12-5/h1-2,5H,3-4H2,(H,10,11). The fourth-order valence-electron chi connectivity index (χ4n) is 1.20. The molecule has 0 saturated heterocycles. The van der Waals surface area contributed by atoms with Gasteiger partial charge in [0.05, 0.1) is 6.54 Å². The Hall–Kier alpha value is -1.36. The van der Waals surface area contributed by atoms with E-state index < -0.39 is 12.1 Å². The van der Waals surface area contributed by atoms with Gasteiger partial charge in [-0.2, -0.15) is 0 Å². The van der Waals surface area contributed by atoms with Gasteiger partial charge in [0.25, 0.3) is 0 Å². The molecule has 1 aromatic heterocycles. The van der Waals surface area contributed by atoms with Gasteiger partial charge in [-0.15, -0.1) is 0 Å². The monoisotopic (exact) mass is 168 g/mol. The summed E-state index contributed by atoms with van der Waals surface area (Å²) in [4.78, 5) is 14.5. The molecule has 2 heterocycles. The minimum atomic E-state index is -0.922. The van der Waals surface area contributed by atoms with Crippen LogP contribution in [0.15, 0.2) is 12.4 Å². The summed E-state index contributed by atoms with van der Waals surface area (Å²) in [5.41, 5.74) is 0. The van der Waals surface area contributed by atoms with Crippen molar-refractivity contribution in [3.05, 3.63) is 18.2 Å². The highest BCUT2D eigenvalue weighted by molar-refractivity contribution is 5.72. The second-order valence-corrected chi connectivity index (χ2v) is 2.63. The quantitative estimate of drug-likeness (QED) is 0.634. The zero-order valence-electron chi connectivity index (χ0n) is 6.30. The maximum atomic E-state index is 10.5. The van der Waals surface area contributed by atoms with Crippen molar-refractivity contribution >= 4 is 5.97 Å². The summed E-state index contributed by atoms with van der Waals surface area (Å²) in [5.74, 6) is -0.137. The lowest BCUT2D eigenvalue weighted by molar-refractivity contribution is -0.154. The molecule has 0 spiro atoms. The van der Waals surface area contributed by atoms with Crippen molar-refractivity contribution in [2.24, 2.45) is 0 Å². The average molecular weight is 168 g/mol. The Kier molecular flexibility index (Phi) is 1.58. The van der Waals surface area contributed by atoms with E-state index in [1.807, 2.05) is 0 Å². The van der Waals surface area contributed by atoms with Crippen LogP contribution in [0, 0.1) is 0 Å². The molecule has 1 unspecified atom stereocenters. The van der Waals surface area contributed by atoms with Gasteiger partial charge in [-0.3, -0.25) is 0 Å². The Labute approximate surface area is 68.6 Å². The van der Waals surface area contributed by atoms with Crippen LogP contribution in [-0.4, -0.2) is 26.7 Å². The Morgan fingerprint density at radius 1 is 1.83 bits per heavy atom. The van der Waals surface area contributed by atoms with Crippen molar-refractivity contribution in [2.75, 3.05) is 0 Å². The van der Waals surface area contributed by atoms with Crippen LogP contribution >= 0.6 is 0 Å². The van der Waals surface area contributed by atoms with Crippen molar-refractivity contribution in [3.8, 4) is 0 Å². The van der Waals surface area contributed by atoms with E-state index in [1.165, 1.54) is 0 Å². The number of aliphatic carboxylic acids is 1. The molecule has 1 N–H and O–H groups in total. The highest BCUT2D eigenvalue weighted by Crippen LogP contribution is 2.11. The van der Waals surface area contributed by atoms with Crippen LogP contribution in [-0.2, 0) is 22.7 Å². The Bertz CT molecular complexity index is 307. The van der Waals surface area contributed by atoms with E-state index in [4.69, 9.17) is 9.84 Å². The molecule has 12 heavy (non-hydrogen) atoms. The lowest BCUT2D eigenvalue weighted by Crippen LogP contribution is -2.33. The number of fused-ring (bicyclic) bond motifs is 1. The number of hydrogen-bond donors (Lipinski definition) is 1. The van der Waals surface area contributed by atoms with Gasteiger partial charge in [0.15, 0.2) is 6.10 Å². The molecule has 2 rings (SSSR count). The topological polar surface area (TPSA) is 64.3 Å². The first-order valence-corrected chi connectivity index (χ1v) is 3.62. The Morgan fingerprint density at radius 2 is 2.67 bits per heavy atom. The van der Waals surface area contributed by atoms with E-state index in [9.17, 15) is 4.79 Å². The number of imidazole rings is 1. The summed E-state index contributed by atoms with van der Waals surface area (Å²) in [5, 5.41) is 8.64. The maximum Gasteiger partial charge on any atom is 0.334 e. The lowest BCUT2D eigenvalue weighted by atomic mass is 10.3. The molecule has 0 bridgehead atoms. The summed E-state index contributed by atoms with van der Waals surface area (Å²) >= 11 is 0. The molecule has 1 aliphatic rings. The fourth-order valence-corrected chi connectivity index (χ4v) is 1.20. The summed E-state index contributed by atoms with van der Waals surface area (Å²) in [6, 6.07) is 0. The molecule has 5 heteroatoms. The largest absolute Gasteiger partial charge is 0.479 e. The van der Waals surface area contributed by atoms with Gasteiger partial charge in [0.1, 0.15) is 12.4 Å². The zero-order chi connectivity index (χ0) is 8.55. The van der Waals surface area contributed by atoms with Crippen molar-refractivity contribution in [2.45, 2.75) is 19.3 Å². The predicted molar refractivity (Wildman–Crippen MR) is 38.4 cm³/mol. The van der Waals surface area contributed by atoms with Gasteiger partial charge in [-0.1, -0.05) is 0 Å². The third-order valence-corrected chi connectivity index (χ3v) is 1.85. The number of hydrogen-bond acceptors (Lipinski definition) is 3. The molecule has 1 aliphatic heterocycles. The highest BCUT2D eigenvalue weighted by atomic mass is 16.5. The molecule has 0 saturated carbocycles. The first-order chi connectivity index (χ1) is 5.77. The summed E-state index contributed by atoms with van der Waals surface area (Å²) in [7, 11) is 0. The number of nitrogens with zero attached hydrogens (tertiary/aromatic N) is 2. The van der Waals surface area contributed by atoms with Gasteiger partial charge < -0.3 is 14.4 Å². The summed E-state index contributed by atoms with van der Waals surface area (Å²) in [6.07, 6.45) is 2.67. The highest BCUT2D eigenvalue weighted by Gasteiger charge is 2.24. The minimum absolute atomic E-state index is 0.282. The van der Waals surface area contributed by atoms with E-state index in [0.717, 1.165) is 5.82 Å². The summed E-state index contributed by atoms with van der Waals surface area (Å²) < 4.78 is 6.84. The van der Waals surface area contributed by atoms with Crippen LogP contribution < -0.4 is 0 Å². The molecule has 1 aromatic rings. The fraction of sp³-hybridized carbons (Fsp3) is 0.429. The second kappa shape index (κ2) is 2.60. The van der Waals surface area contributed by atoms with Crippen LogP contribution in [0.3, 0.4) is 0 Å². The number of aromatic nitrogens is 2. The van der Waals surface area contributed by atoms with Gasteiger partial charge in [0, 0.05) is 12.4 Å². The van der Waals surface area contributed by atoms with Gasteiger partial charge in [-0.05, 0) is 0 Å². The Morgan fingerprint density at radius 3 is 3.42 bits per heavy atom. The van der Waals surface area contributed by atoms with Gasteiger partial charge in [-0.25, -0.2) is 9.78 Å². The first kappa shape index (κ1) is 7.30. The van der Waals surface area contributed by atoms with Crippen molar-refractivity contribution in [1.29, 1.82) is 0 Å². The van der Waals surface area contributed by atoms with Crippen LogP contribution in [0.4, 0.5) is 0 Å². The number of carbonyl (C=O) groups is 1. The van der Waals surface area contributed by atoms with Crippen molar-refractivity contribution in [3.63, 3.8) is 0 Å². The normalized spacial score (nSPS) is 21.8. The molecular formula is C7H8N2O3. The molecule has 0 amide bonds. The molecule has 5 nitrogen and oxygen atoms in total. The number of carboxylic acid groups (broad SMARTS) is 1. The predicted octanol–water partition coefficient (Wildman–Crippen LogP) is -0.133. The van der Waals surface area contributed by atoms with Gasteiger partial charge in [0.2, 0.25) is 0 Å². The second-order valence-electron chi connectivity index (χ2n) is 2.63. The SMILES string of the molecule is O=C(O)C1Cn2ccnc2CO1. The van der Waals surface area contributed by atoms with Crippen molar-refractivity contribution in [1.82, 2.24) is 9.55 Å². The lowest BCUT2D eigenvalue weighted by Gasteiger charge is -2.20. The molecule has 1 atom stereocenters. The van der Waals surface area contributed by atoms with Crippen LogP contribution in [0.25, 0.3) is 0 Å². The molecule has 0 aliphatic carbocycles. The van der Waals surface area contributed by atoms with Crippen LogP contribution in [0.2, 0.25) is 0 Å². The van der Waals surface area contributed by atoms with E-state index >= 15 is 0 Å². The van der Waals surface area contributed by atoms with E-state index in [1.54, 1.807) is 17.0 Å². The van der Waals surface area contributed by atoms with E-state index in [2.05, 4.69) is 4.98 Å². The minimum Gasteiger partial charge on any atom is -0.479 e. The number of rotatable bonds is 1. The van der Waals surface area contributed by atoms with Crippen LogP contribution in [0.5, 0.6) is 0 Å². The van der Waals surface area contributed by atoms with E-state index in [0.29, 0.717) is 6.54 Å². The molecule has 0 radical (unpaired) electrons. The maximum absolute atomic E-state index is 10.5. The number of ether oxygens (including phenoxy) is 1. The third-order valence-electron chi connectivity index (χ3n) is 1.85. The third kappa shape index (κ3) is 1.08. The number of carboxylic acids is 1. The van der Waals surface area contributed by atoms with Gasteiger partial charge >= 0.3 is 5.97 Å². The first-order valence-electron chi connectivity index (χ1n) is 3.62. The van der Waals surface area contributed by atoms with Crippen molar-refractivity contribution < 1.29 is 14.6 Å². The molecule has 0 fully saturated rings. The smallest absolute Gasteiger partial charge is 0.334 e. The molecule has 64 valence electrons. The molecular weight excluding hydrogens is 160 g/mol. The van der Waals surface area contributed by atoms with E-state index in [-0.39, 0.29) is 6.61 Å².